The Hall–Kier alpha value is -2.70. The summed E-state index contributed by atoms with van der Waals surface area (Å²) in [5.74, 6) is -0.635. The van der Waals surface area contributed by atoms with Crippen LogP contribution in [0.3, 0.4) is 0 Å². The van der Waals surface area contributed by atoms with E-state index in [4.69, 9.17) is 4.74 Å². The summed E-state index contributed by atoms with van der Waals surface area (Å²) in [6.07, 6.45) is 49.9. The minimum atomic E-state index is -0.819. The third-order valence-electron chi connectivity index (χ3n) is 9.40. The quantitative estimate of drug-likeness (QED) is 0.0255. The van der Waals surface area contributed by atoms with Gasteiger partial charge in [-0.25, -0.2) is 0 Å². The van der Waals surface area contributed by atoms with E-state index in [-0.39, 0.29) is 24.9 Å². The Kier molecular flexibility index (Phi) is 38.4. The molecule has 3 unspecified atom stereocenters. The van der Waals surface area contributed by atoms with Crippen molar-refractivity contribution in [2.45, 2.75) is 206 Å². The maximum Gasteiger partial charge on any atom is 0.306 e. The minimum absolute atomic E-state index is 0.0271. The number of carbonyl (C=O) groups is 2. The summed E-state index contributed by atoms with van der Waals surface area (Å²) in [4.78, 5) is 25.8. The average Bonchev–Trinajstić information content (AvgIpc) is 3.15. The third-order valence-corrected chi connectivity index (χ3v) is 9.40. The predicted octanol–water partition coefficient (Wildman–Crippen LogP) is 12.3. The van der Waals surface area contributed by atoms with Crippen molar-refractivity contribution in [3.63, 3.8) is 0 Å². The summed E-state index contributed by atoms with van der Waals surface area (Å²) >= 11 is 0. The molecule has 0 saturated carbocycles. The van der Waals surface area contributed by atoms with Crippen LogP contribution in [0.2, 0.25) is 0 Å². The van der Waals surface area contributed by atoms with Crippen molar-refractivity contribution in [2.75, 3.05) is 6.61 Å². The Bertz CT molecular complexity index is 1010. The molecule has 0 bridgehead atoms. The molecule has 0 aromatic heterocycles. The average molecular weight is 740 g/mol. The van der Waals surface area contributed by atoms with Gasteiger partial charge in [-0.2, -0.15) is 0 Å². The van der Waals surface area contributed by atoms with Gasteiger partial charge in [0.15, 0.2) is 0 Å². The van der Waals surface area contributed by atoms with Gasteiger partial charge in [0.1, 0.15) is 6.10 Å². The van der Waals surface area contributed by atoms with Gasteiger partial charge in [0.05, 0.1) is 25.2 Å². The van der Waals surface area contributed by atoms with Crippen LogP contribution < -0.4 is 5.32 Å². The van der Waals surface area contributed by atoms with E-state index in [2.05, 4.69) is 44.3 Å². The number of carbonyl (C=O) groups excluding carboxylic acids is 2. The number of esters is 1. The van der Waals surface area contributed by atoms with Gasteiger partial charge < -0.3 is 20.3 Å². The van der Waals surface area contributed by atoms with Crippen molar-refractivity contribution < 1.29 is 24.5 Å². The maximum atomic E-state index is 13.0. The molecule has 0 aliphatic rings. The number of ether oxygens (including phenoxy) is 1. The molecule has 6 heteroatoms. The Balaban J connectivity index is 4.79. The number of nitrogens with one attached hydrogen (secondary N) is 1. The first-order chi connectivity index (χ1) is 26.0. The zero-order valence-corrected chi connectivity index (χ0v) is 34.4. The summed E-state index contributed by atoms with van der Waals surface area (Å²) in [7, 11) is 0. The number of rotatable bonds is 37. The molecule has 6 nitrogen and oxygen atoms in total. The molecule has 0 spiro atoms. The van der Waals surface area contributed by atoms with Gasteiger partial charge in [-0.1, -0.05) is 196 Å². The van der Waals surface area contributed by atoms with Gasteiger partial charge >= 0.3 is 5.97 Å². The monoisotopic (exact) mass is 740 g/mol. The fourth-order valence-electron chi connectivity index (χ4n) is 6.09. The molecule has 0 aromatic carbocycles. The van der Waals surface area contributed by atoms with Crippen molar-refractivity contribution >= 4 is 11.9 Å². The summed E-state index contributed by atoms with van der Waals surface area (Å²) in [5, 5.41) is 23.5. The first-order valence-corrected chi connectivity index (χ1v) is 21.7. The molecule has 3 atom stereocenters. The molecule has 0 radical (unpaired) electrons. The molecule has 0 heterocycles. The lowest BCUT2D eigenvalue weighted by atomic mass is 10.0. The SMILES string of the molecule is CC/C=C/C=C/C=C\C=C/C=C/CC(CC(=O)NC(CO)C(O)CCCCCCCCCCCC)OC(=O)CCCCC/C=C\CCCCCCCC. The van der Waals surface area contributed by atoms with Crippen LogP contribution in [0.25, 0.3) is 0 Å². The van der Waals surface area contributed by atoms with Gasteiger partial charge in [-0.3, -0.25) is 9.59 Å². The molecule has 0 aromatic rings. The van der Waals surface area contributed by atoms with E-state index in [0.717, 1.165) is 57.8 Å². The second-order valence-electron chi connectivity index (χ2n) is 14.5. The zero-order chi connectivity index (χ0) is 38.9. The van der Waals surface area contributed by atoms with Crippen LogP contribution in [0.15, 0.2) is 72.9 Å². The third kappa shape index (κ3) is 36.1. The molecule has 0 saturated heterocycles. The number of aliphatic hydroxyl groups is 2. The van der Waals surface area contributed by atoms with E-state index < -0.39 is 18.2 Å². The van der Waals surface area contributed by atoms with E-state index in [9.17, 15) is 19.8 Å². The first kappa shape index (κ1) is 50.3. The molecule has 304 valence electrons. The summed E-state index contributed by atoms with van der Waals surface area (Å²) in [6, 6.07) is -0.742. The standard InChI is InChI=1S/C47H81NO5/c1-4-7-10-13-16-19-22-23-25-28-31-34-37-40-47(52)53-43(38-35-32-29-26-24-20-17-14-11-8-5-2)41-46(51)48-44(42-49)45(50)39-36-33-30-27-21-18-15-12-9-6-3/h8,11,14,17,20,23-26,29,32,35,43-45,49-50H,4-7,9-10,12-13,15-16,18-19,21-22,27-28,30-31,33-34,36-42H2,1-3H3,(H,48,51)/b11-8+,17-14+,24-20-,25-23-,29-26-,35-32+. The minimum Gasteiger partial charge on any atom is -0.461 e. The molecule has 3 N–H and O–H groups in total. The number of hydrogen-bond acceptors (Lipinski definition) is 5. The van der Waals surface area contributed by atoms with Crippen LogP contribution in [0, 0.1) is 0 Å². The van der Waals surface area contributed by atoms with E-state index in [1.54, 1.807) is 0 Å². The maximum absolute atomic E-state index is 13.0. The predicted molar refractivity (Wildman–Crippen MR) is 227 cm³/mol. The van der Waals surface area contributed by atoms with Gasteiger partial charge in [-0.15, -0.1) is 0 Å². The van der Waals surface area contributed by atoms with E-state index in [1.165, 1.54) is 83.5 Å². The Morgan fingerprint density at radius 2 is 1.06 bits per heavy atom. The highest BCUT2D eigenvalue weighted by Crippen LogP contribution is 2.15. The lowest BCUT2D eigenvalue weighted by molar-refractivity contribution is -0.150. The molecule has 0 rings (SSSR count). The highest BCUT2D eigenvalue weighted by molar-refractivity contribution is 5.77. The summed E-state index contributed by atoms with van der Waals surface area (Å²) in [6.45, 7) is 6.24. The van der Waals surface area contributed by atoms with Crippen molar-refractivity contribution in [1.82, 2.24) is 5.32 Å². The first-order valence-electron chi connectivity index (χ1n) is 21.7. The van der Waals surface area contributed by atoms with Crippen LogP contribution in [0.4, 0.5) is 0 Å². The summed E-state index contributed by atoms with van der Waals surface area (Å²) < 4.78 is 5.79. The fraction of sp³-hybridized carbons (Fsp3) is 0.702. The number of allylic oxidation sites excluding steroid dienone is 11. The highest BCUT2D eigenvalue weighted by atomic mass is 16.5. The lowest BCUT2D eigenvalue weighted by Crippen LogP contribution is -2.46. The number of hydrogen-bond donors (Lipinski definition) is 3. The second-order valence-corrected chi connectivity index (χ2v) is 14.5. The number of amides is 1. The molecule has 0 fully saturated rings. The van der Waals surface area contributed by atoms with Crippen LogP contribution in [-0.4, -0.2) is 46.9 Å². The zero-order valence-electron chi connectivity index (χ0n) is 34.4. The van der Waals surface area contributed by atoms with Crippen LogP contribution in [-0.2, 0) is 14.3 Å². The molecule has 1 amide bonds. The van der Waals surface area contributed by atoms with E-state index in [0.29, 0.717) is 19.3 Å². The molecule has 53 heavy (non-hydrogen) atoms. The Morgan fingerprint density at radius 1 is 0.585 bits per heavy atom. The van der Waals surface area contributed by atoms with Gasteiger partial charge in [0, 0.05) is 12.8 Å². The lowest BCUT2D eigenvalue weighted by Gasteiger charge is -2.24. The number of aliphatic hydroxyl groups excluding tert-OH is 2. The Morgan fingerprint density at radius 3 is 1.58 bits per heavy atom. The van der Waals surface area contributed by atoms with E-state index in [1.807, 2.05) is 54.7 Å². The normalized spacial score (nSPS) is 14.1. The van der Waals surface area contributed by atoms with Gasteiger partial charge in [0.2, 0.25) is 5.91 Å². The second kappa shape index (κ2) is 40.5. The number of unbranched alkanes of at least 4 members (excludes halogenated alkanes) is 18. The smallest absolute Gasteiger partial charge is 0.306 e. The van der Waals surface area contributed by atoms with Gasteiger partial charge in [0.25, 0.3) is 0 Å². The molecule has 0 aliphatic carbocycles. The fourth-order valence-corrected chi connectivity index (χ4v) is 6.09. The molecule has 0 aliphatic heterocycles. The van der Waals surface area contributed by atoms with Crippen molar-refractivity contribution in [3.8, 4) is 0 Å². The van der Waals surface area contributed by atoms with E-state index >= 15 is 0 Å². The van der Waals surface area contributed by atoms with Crippen molar-refractivity contribution in [3.05, 3.63) is 72.9 Å². The summed E-state index contributed by atoms with van der Waals surface area (Å²) in [5.41, 5.74) is 0. The van der Waals surface area contributed by atoms with Crippen molar-refractivity contribution in [1.29, 1.82) is 0 Å². The highest BCUT2D eigenvalue weighted by Gasteiger charge is 2.23. The van der Waals surface area contributed by atoms with Gasteiger partial charge in [-0.05, 0) is 44.9 Å². The van der Waals surface area contributed by atoms with Crippen molar-refractivity contribution in [2.24, 2.45) is 0 Å². The molecular weight excluding hydrogens is 659 g/mol. The topological polar surface area (TPSA) is 95.9 Å². The largest absolute Gasteiger partial charge is 0.461 e. The van der Waals surface area contributed by atoms with Crippen LogP contribution in [0.1, 0.15) is 188 Å². The molecular formula is C47H81NO5. The van der Waals surface area contributed by atoms with Crippen LogP contribution in [0.5, 0.6) is 0 Å². The van der Waals surface area contributed by atoms with Crippen LogP contribution >= 0.6 is 0 Å². The Labute approximate surface area is 326 Å².